The van der Waals surface area contributed by atoms with E-state index in [2.05, 4.69) is 6.58 Å². The number of thioether (sulfide) groups is 1. The third-order valence-corrected chi connectivity index (χ3v) is 2.25. The molecule has 0 aliphatic carbocycles. The van der Waals surface area contributed by atoms with E-state index in [9.17, 15) is 0 Å². The van der Waals surface area contributed by atoms with E-state index in [0.717, 1.165) is 0 Å². The van der Waals surface area contributed by atoms with Gasteiger partial charge >= 0.3 is 0 Å². The van der Waals surface area contributed by atoms with Crippen molar-refractivity contribution in [3.8, 4) is 0 Å². The van der Waals surface area contributed by atoms with Gasteiger partial charge in [-0.1, -0.05) is 6.58 Å². The number of hydrogen-bond donors (Lipinski definition) is 2. The largest absolute Gasteiger partial charge is 0.389 e. The average Bonchev–Trinajstić information content (AvgIpc) is 1.98. The molecule has 3 heteroatoms. The van der Waals surface area contributed by atoms with E-state index in [1.165, 1.54) is 11.8 Å². The van der Waals surface area contributed by atoms with Crippen molar-refractivity contribution in [1.29, 1.82) is 0 Å². The summed E-state index contributed by atoms with van der Waals surface area (Å²) in [6.45, 7) is 3.54. The van der Waals surface area contributed by atoms with Crippen LogP contribution in [-0.4, -0.2) is 28.2 Å². The molecule has 1 aliphatic rings. The summed E-state index contributed by atoms with van der Waals surface area (Å²) in [6, 6.07) is 0. The summed E-state index contributed by atoms with van der Waals surface area (Å²) in [5.74, 6) is 0.583. The highest BCUT2D eigenvalue weighted by Gasteiger charge is 2.26. The molecule has 0 aromatic rings. The molecular formula is C5H8O2S. The highest BCUT2D eigenvalue weighted by molar-refractivity contribution is 8.03. The fraction of sp³-hybridized carbons (Fsp3) is 0.600. The standard InChI is InChI=1S/C5H8O2S/c1-3-5(7)4(6)2-8-3/h4-7H,1-2H2. The second-order valence-corrected chi connectivity index (χ2v) is 2.94. The molecule has 46 valence electrons. The monoisotopic (exact) mass is 132 g/mol. The zero-order valence-corrected chi connectivity index (χ0v) is 5.19. The molecule has 0 aromatic carbocycles. The predicted octanol–water partition coefficient (Wildman–Crippen LogP) is -0.0313. The van der Waals surface area contributed by atoms with Gasteiger partial charge in [-0.05, 0) is 0 Å². The van der Waals surface area contributed by atoms with E-state index in [4.69, 9.17) is 10.2 Å². The van der Waals surface area contributed by atoms with E-state index in [1.807, 2.05) is 0 Å². The lowest BCUT2D eigenvalue weighted by atomic mass is 10.2. The molecule has 1 heterocycles. The quantitative estimate of drug-likeness (QED) is 0.486. The van der Waals surface area contributed by atoms with Gasteiger partial charge in [0.15, 0.2) is 0 Å². The summed E-state index contributed by atoms with van der Waals surface area (Å²) in [4.78, 5) is 0.678. The maximum Gasteiger partial charge on any atom is 0.111 e. The van der Waals surface area contributed by atoms with Gasteiger partial charge in [0.1, 0.15) is 6.10 Å². The van der Waals surface area contributed by atoms with Crippen LogP contribution in [0.15, 0.2) is 11.5 Å². The number of aliphatic hydroxyl groups excluding tert-OH is 2. The number of rotatable bonds is 0. The fourth-order valence-corrected chi connectivity index (χ4v) is 1.48. The molecule has 0 amide bonds. The van der Waals surface area contributed by atoms with E-state index in [1.54, 1.807) is 0 Å². The lowest BCUT2D eigenvalue weighted by Gasteiger charge is -2.03. The Morgan fingerprint density at radius 1 is 1.62 bits per heavy atom. The molecule has 8 heavy (non-hydrogen) atoms. The van der Waals surface area contributed by atoms with Gasteiger partial charge in [-0.15, -0.1) is 11.8 Å². The van der Waals surface area contributed by atoms with Crippen LogP contribution in [0.25, 0.3) is 0 Å². The molecule has 2 N–H and O–H groups in total. The summed E-state index contributed by atoms with van der Waals surface area (Å²) in [5, 5.41) is 17.7. The lowest BCUT2D eigenvalue weighted by molar-refractivity contribution is 0.0689. The van der Waals surface area contributed by atoms with E-state index < -0.39 is 12.2 Å². The van der Waals surface area contributed by atoms with Crippen LogP contribution >= 0.6 is 11.8 Å². The van der Waals surface area contributed by atoms with Crippen molar-refractivity contribution < 1.29 is 10.2 Å². The molecule has 1 saturated heterocycles. The maximum atomic E-state index is 8.90. The van der Waals surface area contributed by atoms with Crippen LogP contribution in [0.5, 0.6) is 0 Å². The second-order valence-electron chi connectivity index (χ2n) is 1.79. The zero-order valence-electron chi connectivity index (χ0n) is 4.37. The lowest BCUT2D eigenvalue weighted by Crippen LogP contribution is -2.21. The molecule has 1 fully saturated rings. The SMILES string of the molecule is C=C1SCC(O)C1O. The fourth-order valence-electron chi connectivity index (χ4n) is 0.584. The Morgan fingerprint density at radius 2 is 2.25 bits per heavy atom. The molecule has 0 bridgehead atoms. The van der Waals surface area contributed by atoms with Crippen molar-refractivity contribution in [2.24, 2.45) is 0 Å². The minimum atomic E-state index is -0.694. The molecule has 0 radical (unpaired) electrons. The first-order valence-electron chi connectivity index (χ1n) is 2.39. The highest BCUT2D eigenvalue weighted by atomic mass is 32.2. The van der Waals surface area contributed by atoms with Crippen LogP contribution in [0.2, 0.25) is 0 Å². The van der Waals surface area contributed by atoms with Crippen LogP contribution in [0.1, 0.15) is 0 Å². The van der Waals surface area contributed by atoms with E-state index >= 15 is 0 Å². The van der Waals surface area contributed by atoms with Crippen LogP contribution in [-0.2, 0) is 0 Å². The summed E-state index contributed by atoms with van der Waals surface area (Å²) >= 11 is 1.42. The summed E-state index contributed by atoms with van der Waals surface area (Å²) in [5.41, 5.74) is 0. The Kier molecular flexibility index (Phi) is 1.60. The van der Waals surface area contributed by atoms with Crippen LogP contribution < -0.4 is 0 Å². The minimum absolute atomic E-state index is 0.583. The van der Waals surface area contributed by atoms with Crippen molar-refractivity contribution in [1.82, 2.24) is 0 Å². The predicted molar refractivity (Wildman–Crippen MR) is 33.6 cm³/mol. The van der Waals surface area contributed by atoms with Crippen molar-refractivity contribution in [2.45, 2.75) is 12.2 Å². The van der Waals surface area contributed by atoms with Gasteiger partial charge in [0.2, 0.25) is 0 Å². The summed E-state index contributed by atoms with van der Waals surface area (Å²) in [7, 11) is 0. The Balaban J connectivity index is 2.56. The molecule has 0 spiro atoms. The number of hydrogen-bond acceptors (Lipinski definition) is 3. The normalized spacial score (nSPS) is 38.5. The van der Waals surface area contributed by atoms with Gasteiger partial charge in [-0.2, -0.15) is 0 Å². The van der Waals surface area contributed by atoms with Crippen LogP contribution in [0, 0.1) is 0 Å². The zero-order chi connectivity index (χ0) is 6.15. The van der Waals surface area contributed by atoms with Gasteiger partial charge in [0.25, 0.3) is 0 Å². The Labute approximate surface area is 52.2 Å². The third-order valence-electron chi connectivity index (χ3n) is 1.13. The van der Waals surface area contributed by atoms with Crippen LogP contribution in [0.3, 0.4) is 0 Å². The Bertz CT molecular complexity index is 113. The van der Waals surface area contributed by atoms with E-state index in [0.29, 0.717) is 10.7 Å². The van der Waals surface area contributed by atoms with Gasteiger partial charge < -0.3 is 10.2 Å². The van der Waals surface area contributed by atoms with Gasteiger partial charge in [-0.3, -0.25) is 0 Å². The smallest absolute Gasteiger partial charge is 0.111 e. The summed E-state index contributed by atoms with van der Waals surface area (Å²) < 4.78 is 0. The van der Waals surface area contributed by atoms with E-state index in [-0.39, 0.29) is 0 Å². The first-order valence-corrected chi connectivity index (χ1v) is 3.38. The van der Waals surface area contributed by atoms with Crippen molar-refractivity contribution >= 4 is 11.8 Å². The second kappa shape index (κ2) is 2.09. The topological polar surface area (TPSA) is 40.5 Å². The van der Waals surface area contributed by atoms with Crippen molar-refractivity contribution in [3.05, 3.63) is 11.5 Å². The Hall–Kier alpha value is 0.01000. The average molecular weight is 132 g/mol. The van der Waals surface area contributed by atoms with Crippen LogP contribution in [0.4, 0.5) is 0 Å². The van der Waals surface area contributed by atoms with Crippen molar-refractivity contribution in [2.75, 3.05) is 5.75 Å². The number of aliphatic hydroxyl groups is 2. The minimum Gasteiger partial charge on any atom is -0.389 e. The first-order chi connectivity index (χ1) is 3.72. The van der Waals surface area contributed by atoms with Gasteiger partial charge in [-0.25, -0.2) is 0 Å². The summed E-state index contributed by atoms with van der Waals surface area (Å²) in [6.07, 6.45) is -1.28. The molecule has 1 aliphatic heterocycles. The molecule has 1 rings (SSSR count). The Morgan fingerprint density at radius 3 is 2.38 bits per heavy atom. The van der Waals surface area contributed by atoms with Gasteiger partial charge in [0, 0.05) is 10.7 Å². The maximum absolute atomic E-state index is 8.90. The van der Waals surface area contributed by atoms with Crippen molar-refractivity contribution in [3.63, 3.8) is 0 Å². The molecule has 2 unspecified atom stereocenters. The first kappa shape index (κ1) is 6.13. The third kappa shape index (κ3) is 0.891. The highest BCUT2D eigenvalue weighted by Crippen LogP contribution is 2.28. The molecule has 0 saturated carbocycles. The molecule has 2 atom stereocenters. The van der Waals surface area contributed by atoms with Gasteiger partial charge in [0.05, 0.1) is 6.10 Å². The molecular weight excluding hydrogens is 124 g/mol. The molecule has 0 aromatic heterocycles. The molecule has 2 nitrogen and oxygen atoms in total.